The number of carbonyl (C=O) groups excluding carboxylic acids is 1. The molecule has 3 aromatic heterocycles. The van der Waals surface area contributed by atoms with E-state index in [1.807, 2.05) is 17.5 Å². The highest BCUT2D eigenvalue weighted by Gasteiger charge is 2.22. The highest BCUT2D eigenvalue weighted by Crippen LogP contribution is 2.37. The summed E-state index contributed by atoms with van der Waals surface area (Å²) in [7, 11) is 0. The number of amides is 1. The molecule has 0 fully saturated rings. The molecule has 0 radical (unpaired) electrons. The largest absolute Gasteiger partial charge is 0.478 e. The van der Waals surface area contributed by atoms with E-state index in [-0.39, 0.29) is 39.2 Å². The van der Waals surface area contributed by atoms with Crippen LogP contribution < -0.4 is 11.1 Å². The lowest BCUT2D eigenvalue weighted by molar-refractivity contribution is -0.113. The van der Waals surface area contributed by atoms with Crippen LogP contribution in [-0.2, 0) is 4.79 Å². The second-order valence-corrected chi connectivity index (χ2v) is 10.3. The van der Waals surface area contributed by atoms with Gasteiger partial charge in [0.2, 0.25) is 5.91 Å². The summed E-state index contributed by atoms with van der Waals surface area (Å²) in [6.45, 7) is 0. The number of nitrogen functional groups attached to an aromatic ring is 1. The van der Waals surface area contributed by atoms with Crippen molar-refractivity contribution in [1.29, 1.82) is 10.5 Å². The van der Waals surface area contributed by atoms with Crippen molar-refractivity contribution in [1.82, 2.24) is 9.97 Å². The fourth-order valence-electron chi connectivity index (χ4n) is 4.13. The third-order valence-electron chi connectivity index (χ3n) is 5.93. The maximum Gasteiger partial charge on any atom is 0.336 e. The third kappa shape index (κ3) is 5.20. The number of aromatic nitrogens is 2. The standard InChI is InChI=1S/C29H18N6O3S2/c30-13-20-26(24-6-3-11-39-24)21(14-31)28(35-27(20)32)40-15-25(36)33-17-9-7-16(8-10-17)23-12-19(29(37)38)18-4-1-2-5-22(18)34-23/h1-12H,15H2,(H2,32,35)(H,33,36)(H,37,38). The average Bonchev–Trinajstić information content (AvgIpc) is 3.50. The van der Waals surface area contributed by atoms with Gasteiger partial charge in [-0.3, -0.25) is 4.79 Å². The van der Waals surface area contributed by atoms with Crippen LogP contribution >= 0.6 is 23.1 Å². The highest BCUT2D eigenvalue weighted by atomic mass is 32.2. The summed E-state index contributed by atoms with van der Waals surface area (Å²) >= 11 is 2.43. The summed E-state index contributed by atoms with van der Waals surface area (Å²) in [5.74, 6) is -1.42. The summed E-state index contributed by atoms with van der Waals surface area (Å²) in [6, 6.07) is 23.2. The van der Waals surface area contributed by atoms with E-state index in [1.54, 1.807) is 54.6 Å². The number of hydrogen-bond acceptors (Lipinski definition) is 9. The summed E-state index contributed by atoms with van der Waals surface area (Å²) in [5, 5.41) is 34.5. The van der Waals surface area contributed by atoms with E-state index < -0.39 is 5.97 Å². The van der Waals surface area contributed by atoms with Gasteiger partial charge in [0, 0.05) is 27.1 Å². The Morgan fingerprint density at radius 2 is 1.75 bits per heavy atom. The molecule has 0 spiro atoms. The number of carboxylic acid groups (broad SMARTS) is 1. The van der Waals surface area contributed by atoms with Crippen LogP contribution in [0.15, 0.2) is 77.1 Å². The SMILES string of the molecule is N#Cc1c(N)nc(SCC(=O)Nc2ccc(-c3cc(C(=O)O)c4ccccc4n3)cc2)c(C#N)c1-c1cccs1. The zero-order chi connectivity index (χ0) is 28.2. The van der Waals surface area contributed by atoms with Crippen LogP contribution in [0.1, 0.15) is 21.5 Å². The van der Waals surface area contributed by atoms with E-state index in [0.717, 1.165) is 11.8 Å². The van der Waals surface area contributed by atoms with E-state index in [9.17, 15) is 25.2 Å². The summed E-state index contributed by atoms with van der Waals surface area (Å²) in [5.41, 5.74) is 9.21. The van der Waals surface area contributed by atoms with Crippen LogP contribution in [0.25, 0.3) is 32.6 Å². The number of rotatable bonds is 7. The molecule has 0 saturated carbocycles. The topological polar surface area (TPSA) is 166 Å². The molecule has 0 aliphatic heterocycles. The first kappa shape index (κ1) is 26.4. The van der Waals surface area contributed by atoms with E-state index in [2.05, 4.69) is 21.4 Å². The number of nitrogens with one attached hydrogen (secondary N) is 1. The number of carbonyl (C=O) groups is 2. The number of para-hydroxylation sites is 1. The molecule has 194 valence electrons. The molecule has 1 amide bonds. The molecule has 40 heavy (non-hydrogen) atoms. The lowest BCUT2D eigenvalue weighted by Crippen LogP contribution is -2.14. The van der Waals surface area contributed by atoms with Gasteiger partial charge in [0.1, 0.15) is 28.5 Å². The van der Waals surface area contributed by atoms with Crippen LogP contribution in [0.4, 0.5) is 11.5 Å². The van der Waals surface area contributed by atoms with Gasteiger partial charge < -0.3 is 16.2 Å². The minimum absolute atomic E-state index is 0.00301. The van der Waals surface area contributed by atoms with Crippen molar-refractivity contribution in [3.63, 3.8) is 0 Å². The number of fused-ring (bicyclic) bond motifs is 1. The van der Waals surface area contributed by atoms with Gasteiger partial charge in [0.25, 0.3) is 0 Å². The molecule has 0 aliphatic rings. The number of aromatic carboxylic acids is 1. The summed E-state index contributed by atoms with van der Waals surface area (Å²) < 4.78 is 0. The number of nitrogens with two attached hydrogens (primary N) is 1. The Bertz CT molecular complexity index is 1860. The van der Waals surface area contributed by atoms with Crippen molar-refractivity contribution in [2.24, 2.45) is 0 Å². The number of thiophene rings is 1. The number of nitriles is 2. The van der Waals surface area contributed by atoms with Crippen LogP contribution in [0.3, 0.4) is 0 Å². The lowest BCUT2D eigenvalue weighted by atomic mass is 10.0. The van der Waals surface area contributed by atoms with Crippen LogP contribution in [0.2, 0.25) is 0 Å². The van der Waals surface area contributed by atoms with Gasteiger partial charge in [0.15, 0.2) is 0 Å². The second kappa shape index (κ2) is 11.3. The van der Waals surface area contributed by atoms with Crippen LogP contribution in [-0.4, -0.2) is 32.7 Å². The number of carboxylic acids is 1. The normalized spacial score (nSPS) is 10.6. The van der Waals surface area contributed by atoms with E-state index in [4.69, 9.17) is 5.73 Å². The Labute approximate surface area is 236 Å². The fraction of sp³-hybridized carbons (Fsp3) is 0.0345. The molecule has 3 heterocycles. The van der Waals surface area contributed by atoms with Crippen molar-refractivity contribution in [3.8, 4) is 33.8 Å². The first-order valence-electron chi connectivity index (χ1n) is 11.7. The molecule has 4 N–H and O–H groups in total. The van der Waals surface area contributed by atoms with Crippen LogP contribution in [0.5, 0.6) is 0 Å². The number of nitrogens with zero attached hydrogens (tertiary/aromatic N) is 4. The third-order valence-corrected chi connectivity index (χ3v) is 7.80. The van der Waals surface area contributed by atoms with Gasteiger partial charge in [0.05, 0.1) is 28.1 Å². The van der Waals surface area contributed by atoms with Gasteiger partial charge in [-0.15, -0.1) is 11.3 Å². The van der Waals surface area contributed by atoms with Gasteiger partial charge >= 0.3 is 5.97 Å². The predicted molar refractivity (Wildman–Crippen MR) is 155 cm³/mol. The second-order valence-electron chi connectivity index (χ2n) is 8.42. The minimum Gasteiger partial charge on any atom is -0.478 e. The maximum atomic E-state index is 12.7. The Hall–Kier alpha value is -5.23. The van der Waals surface area contributed by atoms with Gasteiger partial charge in [-0.25, -0.2) is 14.8 Å². The summed E-state index contributed by atoms with van der Waals surface area (Å²) in [4.78, 5) is 34.0. The molecule has 5 aromatic rings. The molecule has 0 atom stereocenters. The molecule has 0 aliphatic carbocycles. The molecular weight excluding hydrogens is 544 g/mol. The summed E-state index contributed by atoms with van der Waals surface area (Å²) in [6.07, 6.45) is 0. The molecule has 9 nitrogen and oxygen atoms in total. The van der Waals surface area contributed by atoms with Crippen LogP contribution in [0, 0.1) is 22.7 Å². The zero-order valence-electron chi connectivity index (χ0n) is 20.6. The van der Waals surface area contributed by atoms with Gasteiger partial charge in [-0.05, 0) is 35.7 Å². The van der Waals surface area contributed by atoms with E-state index in [1.165, 1.54) is 17.4 Å². The Morgan fingerprint density at radius 3 is 2.42 bits per heavy atom. The molecule has 5 rings (SSSR count). The first-order chi connectivity index (χ1) is 19.4. The highest BCUT2D eigenvalue weighted by molar-refractivity contribution is 8.00. The Balaban J connectivity index is 1.33. The predicted octanol–water partition coefficient (Wildman–Crippen LogP) is 5.78. The van der Waals surface area contributed by atoms with E-state index >= 15 is 0 Å². The number of anilines is 2. The number of benzene rings is 2. The van der Waals surface area contributed by atoms with Crippen molar-refractivity contribution in [3.05, 3.63) is 88.8 Å². The molecule has 0 unspecified atom stereocenters. The van der Waals surface area contributed by atoms with Crippen molar-refractivity contribution in [2.75, 3.05) is 16.8 Å². The average molecular weight is 563 g/mol. The van der Waals surface area contributed by atoms with Crippen molar-refractivity contribution < 1.29 is 14.7 Å². The van der Waals surface area contributed by atoms with Gasteiger partial charge in [-0.1, -0.05) is 48.2 Å². The minimum atomic E-state index is -1.04. The maximum absolute atomic E-state index is 12.7. The smallest absolute Gasteiger partial charge is 0.336 e. The molecule has 11 heteroatoms. The fourth-order valence-corrected chi connectivity index (χ4v) is 5.70. The molecule has 0 bridgehead atoms. The molecule has 2 aromatic carbocycles. The number of thioether (sulfide) groups is 1. The Morgan fingerprint density at radius 1 is 1.00 bits per heavy atom. The first-order valence-corrected chi connectivity index (χ1v) is 13.6. The van der Waals surface area contributed by atoms with Gasteiger partial charge in [-0.2, -0.15) is 10.5 Å². The number of pyridine rings is 2. The quantitative estimate of drug-likeness (QED) is 0.208. The van der Waals surface area contributed by atoms with E-state index in [0.29, 0.717) is 38.3 Å². The Kier molecular flexibility index (Phi) is 7.42. The number of hydrogen-bond donors (Lipinski definition) is 3. The molecule has 0 saturated heterocycles. The lowest BCUT2D eigenvalue weighted by Gasteiger charge is -2.12. The molecular formula is C29H18N6O3S2. The van der Waals surface area contributed by atoms with Crippen molar-refractivity contribution in [2.45, 2.75) is 5.03 Å². The van der Waals surface area contributed by atoms with Crippen molar-refractivity contribution >= 4 is 57.4 Å². The zero-order valence-corrected chi connectivity index (χ0v) is 22.2. The monoisotopic (exact) mass is 562 g/mol.